The summed E-state index contributed by atoms with van der Waals surface area (Å²) in [5.74, 6) is 0. The van der Waals surface area contributed by atoms with E-state index in [1.807, 2.05) is 25.1 Å². The number of amides is 2. The van der Waals surface area contributed by atoms with Crippen molar-refractivity contribution >= 4 is 11.7 Å². The molecule has 1 aliphatic rings. The fraction of sp³-hybridized carbons (Fsp3) is 0.222. The van der Waals surface area contributed by atoms with Gasteiger partial charge in [0, 0.05) is 6.54 Å². The molecule has 0 fully saturated rings. The van der Waals surface area contributed by atoms with Crippen molar-refractivity contribution in [2.45, 2.75) is 13.5 Å². The Labute approximate surface area is 70.8 Å². The van der Waals surface area contributed by atoms with Crippen LogP contribution < -0.4 is 10.6 Å². The van der Waals surface area contributed by atoms with Crippen LogP contribution in [0.2, 0.25) is 0 Å². The van der Waals surface area contributed by atoms with E-state index in [2.05, 4.69) is 10.6 Å². The quantitative estimate of drug-likeness (QED) is 0.598. The lowest BCUT2D eigenvalue weighted by molar-refractivity contribution is 0.251. The highest BCUT2D eigenvalue weighted by Crippen LogP contribution is 2.22. The van der Waals surface area contributed by atoms with Gasteiger partial charge in [-0.15, -0.1) is 0 Å². The molecule has 0 unspecified atom stereocenters. The van der Waals surface area contributed by atoms with Crippen LogP contribution in [-0.2, 0) is 6.54 Å². The number of hydrogen-bond donors (Lipinski definition) is 2. The van der Waals surface area contributed by atoms with E-state index in [1.54, 1.807) is 0 Å². The van der Waals surface area contributed by atoms with Crippen LogP contribution in [0, 0.1) is 6.92 Å². The molecule has 3 heteroatoms. The molecule has 0 saturated heterocycles. The van der Waals surface area contributed by atoms with Crippen molar-refractivity contribution in [1.82, 2.24) is 5.32 Å². The zero-order valence-corrected chi connectivity index (χ0v) is 6.85. The molecular weight excluding hydrogens is 152 g/mol. The molecule has 2 rings (SSSR count). The SMILES string of the molecule is Cc1cccc2c1NC(=O)NC2. The third-order valence-electron chi connectivity index (χ3n) is 2.04. The van der Waals surface area contributed by atoms with Gasteiger partial charge < -0.3 is 10.6 Å². The van der Waals surface area contributed by atoms with Crippen LogP contribution in [0.1, 0.15) is 11.1 Å². The van der Waals surface area contributed by atoms with E-state index in [9.17, 15) is 4.79 Å². The van der Waals surface area contributed by atoms with Crippen LogP contribution in [0.4, 0.5) is 10.5 Å². The molecule has 0 aromatic heterocycles. The number of rotatable bonds is 0. The van der Waals surface area contributed by atoms with E-state index >= 15 is 0 Å². The van der Waals surface area contributed by atoms with Crippen molar-refractivity contribution in [1.29, 1.82) is 0 Å². The molecule has 1 aromatic carbocycles. The summed E-state index contributed by atoms with van der Waals surface area (Å²) in [5.41, 5.74) is 3.22. The summed E-state index contributed by atoms with van der Waals surface area (Å²) in [5, 5.41) is 5.49. The summed E-state index contributed by atoms with van der Waals surface area (Å²) < 4.78 is 0. The fourth-order valence-corrected chi connectivity index (χ4v) is 1.39. The zero-order chi connectivity index (χ0) is 8.55. The Morgan fingerprint density at radius 3 is 3.08 bits per heavy atom. The monoisotopic (exact) mass is 162 g/mol. The van der Waals surface area contributed by atoms with E-state index in [0.717, 1.165) is 16.8 Å². The molecule has 0 radical (unpaired) electrons. The standard InChI is InChI=1S/C9H10N2O/c1-6-3-2-4-7-5-10-9(12)11-8(6)7/h2-4H,5H2,1H3,(H2,10,11,12). The number of carbonyl (C=O) groups excluding carboxylic acids is 1. The molecule has 2 amide bonds. The first kappa shape index (κ1) is 7.16. The molecule has 0 spiro atoms. The van der Waals surface area contributed by atoms with E-state index in [1.165, 1.54) is 0 Å². The molecule has 3 nitrogen and oxygen atoms in total. The van der Waals surface area contributed by atoms with Gasteiger partial charge in [0.25, 0.3) is 0 Å². The average Bonchev–Trinajstić information content (AvgIpc) is 2.07. The Hall–Kier alpha value is -1.51. The van der Waals surface area contributed by atoms with Gasteiger partial charge in [0.1, 0.15) is 0 Å². The average molecular weight is 162 g/mol. The van der Waals surface area contributed by atoms with Crippen molar-refractivity contribution in [3.63, 3.8) is 0 Å². The van der Waals surface area contributed by atoms with Crippen LogP contribution in [0.5, 0.6) is 0 Å². The highest BCUT2D eigenvalue weighted by molar-refractivity contribution is 5.93. The molecule has 0 atom stereocenters. The van der Waals surface area contributed by atoms with Crippen LogP contribution in [0.15, 0.2) is 18.2 Å². The summed E-state index contributed by atoms with van der Waals surface area (Å²) in [7, 11) is 0. The van der Waals surface area contributed by atoms with Crippen molar-refractivity contribution in [3.8, 4) is 0 Å². The minimum absolute atomic E-state index is 0.114. The molecule has 12 heavy (non-hydrogen) atoms. The first-order chi connectivity index (χ1) is 5.77. The van der Waals surface area contributed by atoms with Crippen molar-refractivity contribution in [2.75, 3.05) is 5.32 Å². The zero-order valence-electron chi connectivity index (χ0n) is 6.85. The molecule has 1 aliphatic heterocycles. The minimum atomic E-state index is -0.114. The summed E-state index contributed by atoms with van der Waals surface area (Å²) >= 11 is 0. The lowest BCUT2D eigenvalue weighted by Gasteiger charge is -2.19. The maximum Gasteiger partial charge on any atom is 0.319 e. The van der Waals surface area contributed by atoms with Gasteiger partial charge in [-0.05, 0) is 18.1 Å². The molecule has 0 saturated carbocycles. The molecular formula is C9H10N2O. The normalized spacial score (nSPS) is 14.6. The van der Waals surface area contributed by atoms with Gasteiger partial charge in [0.2, 0.25) is 0 Å². The topological polar surface area (TPSA) is 41.1 Å². The Bertz CT molecular complexity index is 333. The molecule has 0 bridgehead atoms. The smallest absolute Gasteiger partial charge is 0.319 e. The third kappa shape index (κ3) is 1.03. The Morgan fingerprint density at radius 2 is 2.25 bits per heavy atom. The maximum atomic E-state index is 11.0. The van der Waals surface area contributed by atoms with Crippen LogP contribution in [-0.4, -0.2) is 6.03 Å². The Kier molecular flexibility index (Phi) is 1.50. The highest BCUT2D eigenvalue weighted by atomic mass is 16.2. The minimum Gasteiger partial charge on any atom is -0.334 e. The highest BCUT2D eigenvalue weighted by Gasteiger charge is 2.14. The largest absolute Gasteiger partial charge is 0.334 e. The van der Waals surface area contributed by atoms with E-state index in [-0.39, 0.29) is 6.03 Å². The molecule has 62 valence electrons. The van der Waals surface area contributed by atoms with E-state index in [4.69, 9.17) is 0 Å². The van der Waals surface area contributed by atoms with Gasteiger partial charge >= 0.3 is 6.03 Å². The van der Waals surface area contributed by atoms with Gasteiger partial charge in [-0.3, -0.25) is 0 Å². The molecule has 1 aromatic rings. The van der Waals surface area contributed by atoms with E-state index in [0.29, 0.717) is 6.54 Å². The number of para-hydroxylation sites is 1. The third-order valence-corrected chi connectivity index (χ3v) is 2.04. The second-order valence-electron chi connectivity index (χ2n) is 2.92. The number of hydrogen-bond acceptors (Lipinski definition) is 1. The number of urea groups is 1. The fourth-order valence-electron chi connectivity index (χ4n) is 1.39. The summed E-state index contributed by atoms with van der Waals surface area (Å²) in [4.78, 5) is 11.0. The second kappa shape index (κ2) is 2.52. The van der Waals surface area contributed by atoms with Gasteiger partial charge in [-0.2, -0.15) is 0 Å². The lowest BCUT2D eigenvalue weighted by atomic mass is 10.1. The number of fused-ring (bicyclic) bond motifs is 1. The Balaban J connectivity index is 2.50. The Morgan fingerprint density at radius 1 is 1.42 bits per heavy atom. The van der Waals surface area contributed by atoms with Gasteiger partial charge in [-0.1, -0.05) is 18.2 Å². The number of nitrogens with one attached hydrogen (secondary N) is 2. The van der Waals surface area contributed by atoms with Crippen molar-refractivity contribution in [2.24, 2.45) is 0 Å². The lowest BCUT2D eigenvalue weighted by Crippen LogP contribution is -2.33. The number of aryl methyl sites for hydroxylation is 1. The predicted molar refractivity (Wildman–Crippen MR) is 47.0 cm³/mol. The summed E-state index contributed by atoms with van der Waals surface area (Å²) in [6, 6.07) is 5.88. The first-order valence-corrected chi connectivity index (χ1v) is 3.91. The first-order valence-electron chi connectivity index (χ1n) is 3.91. The predicted octanol–water partition coefficient (Wildman–Crippen LogP) is 1.63. The van der Waals surface area contributed by atoms with Gasteiger partial charge in [0.15, 0.2) is 0 Å². The van der Waals surface area contributed by atoms with Crippen molar-refractivity contribution < 1.29 is 4.79 Å². The van der Waals surface area contributed by atoms with Crippen LogP contribution in [0.3, 0.4) is 0 Å². The van der Waals surface area contributed by atoms with E-state index < -0.39 is 0 Å². The number of benzene rings is 1. The summed E-state index contributed by atoms with van der Waals surface area (Å²) in [6.45, 7) is 2.62. The summed E-state index contributed by atoms with van der Waals surface area (Å²) in [6.07, 6.45) is 0. The molecule has 0 aliphatic carbocycles. The second-order valence-corrected chi connectivity index (χ2v) is 2.92. The van der Waals surface area contributed by atoms with Crippen LogP contribution >= 0.6 is 0 Å². The number of carbonyl (C=O) groups is 1. The van der Waals surface area contributed by atoms with Gasteiger partial charge in [0.05, 0.1) is 5.69 Å². The molecule has 1 heterocycles. The van der Waals surface area contributed by atoms with Gasteiger partial charge in [-0.25, -0.2) is 4.79 Å². The molecule has 2 N–H and O–H groups in total. The maximum absolute atomic E-state index is 11.0. The van der Waals surface area contributed by atoms with Crippen molar-refractivity contribution in [3.05, 3.63) is 29.3 Å². The number of anilines is 1. The van der Waals surface area contributed by atoms with Crippen LogP contribution in [0.25, 0.3) is 0 Å².